The number of carbonyl (C=O) groups excluding carboxylic acids is 2. The summed E-state index contributed by atoms with van der Waals surface area (Å²) >= 11 is 1.74. The van der Waals surface area contributed by atoms with Crippen LogP contribution in [0.4, 0.5) is 0 Å². The number of imide groups is 1. The highest BCUT2D eigenvalue weighted by molar-refractivity contribution is 7.98. The van der Waals surface area contributed by atoms with Crippen LogP contribution in [0.3, 0.4) is 0 Å². The van der Waals surface area contributed by atoms with E-state index < -0.39 is 0 Å². The summed E-state index contributed by atoms with van der Waals surface area (Å²) in [6.45, 7) is 0.495. The molecule has 0 radical (unpaired) electrons. The second-order valence-electron chi connectivity index (χ2n) is 5.61. The maximum absolute atomic E-state index is 12.2. The van der Waals surface area contributed by atoms with Crippen molar-refractivity contribution in [3.63, 3.8) is 0 Å². The molecule has 1 aliphatic heterocycles. The van der Waals surface area contributed by atoms with E-state index in [-0.39, 0.29) is 11.8 Å². The van der Waals surface area contributed by atoms with Crippen molar-refractivity contribution in [1.29, 1.82) is 0 Å². The molecule has 1 heterocycles. The third kappa shape index (κ3) is 3.32. The lowest BCUT2D eigenvalue weighted by molar-refractivity contribution is 0.0652. The Balaban J connectivity index is 1.51. The smallest absolute Gasteiger partial charge is 0.261 e. The van der Waals surface area contributed by atoms with Crippen molar-refractivity contribution >= 4 is 23.6 Å². The van der Waals surface area contributed by atoms with Crippen LogP contribution >= 0.6 is 11.8 Å². The average Bonchev–Trinajstić information content (AvgIpc) is 2.84. The molecule has 0 aromatic heterocycles. The van der Waals surface area contributed by atoms with E-state index in [0.29, 0.717) is 17.7 Å². The third-order valence-electron chi connectivity index (χ3n) is 4.13. The third-order valence-corrected chi connectivity index (χ3v) is 4.88. The van der Waals surface area contributed by atoms with Gasteiger partial charge in [0, 0.05) is 11.4 Å². The SMILES string of the molecule is CSc1ccc(CCCCN2C(=O)c3ccccc3C2=O)cc1. The maximum atomic E-state index is 12.2. The summed E-state index contributed by atoms with van der Waals surface area (Å²) in [6.07, 6.45) is 4.83. The molecule has 0 atom stereocenters. The maximum Gasteiger partial charge on any atom is 0.261 e. The van der Waals surface area contributed by atoms with Crippen molar-refractivity contribution in [1.82, 2.24) is 4.90 Å². The van der Waals surface area contributed by atoms with Crippen LogP contribution in [0.25, 0.3) is 0 Å². The zero-order valence-electron chi connectivity index (χ0n) is 13.1. The van der Waals surface area contributed by atoms with Crippen molar-refractivity contribution < 1.29 is 9.59 Å². The highest BCUT2D eigenvalue weighted by atomic mass is 32.2. The lowest BCUT2D eigenvalue weighted by Gasteiger charge is -2.13. The van der Waals surface area contributed by atoms with Crippen LogP contribution in [-0.2, 0) is 6.42 Å². The summed E-state index contributed by atoms with van der Waals surface area (Å²) in [6, 6.07) is 15.6. The summed E-state index contributed by atoms with van der Waals surface area (Å²) < 4.78 is 0. The van der Waals surface area contributed by atoms with Gasteiger partial charge < -0.3 is 0 Å². The molecule has 0 saturated heterocycles. The molecule has 0 aliphatic carbocycles. The lowest BCUT2D eigenvalue weighted by atomic mass is 10.1. The van der Waals surface area contributed by atoms with Gasteiger partial charge in [-0.25, -0.2) is 0 Å². The first-order valence-electron chi connectivity index (χ1n) is 7.79. The van der Waals surface area contributed by atoms with Crippen molar-refractivity contribution in [2.24, 2.45) is 0 Å². The van der Waals surface area contributed by atoms with Crippen LogP contribution in [0.1, 0.15) is 39.1 Å². The number of nitrogens with zero attached hydrogens (tertiary/aromatic N) is 1. The van der Waals surface area contributed by atoms with Gasteiger partial charge in [0.15, 0.2) is 0 Å². The monoisotopic (exact) mass is 325 g/mol. The van der Waals surface area contributed by atoms with Gasteiger partial charge in [-0.2, -0.15) is 0 Å². The zero-order valence-corrected chi connectivity index (χ0v) is 13.9. The molecule has 0 spiro atoms. The van der Waals surface area contributed by atoms with Crippen molar-refractivity contribution in [2.45, 2.75) is 24.2 Å². The van der Waals surface area contributed by atoms with Crippen LogP contribution in [-0.4, -0.2) is 29.5 Å². The first kappa shape index (κ1) is 15.8. The first-order valence-corrected chi connectivity index (χ1v) is 9.01. The number of aryl methyl sites for hydroxylation is 1. The molecule has 1 aliphatic rings. The molecule has 4 heteroatoms. The van der Waals surface area contributed by atoms with E-state index in [2.05, 4.69) is 30.5 Å². The lowest BCUT2D eigenvalue weighted by Crippen LogP contribution is -2.30. The topological polar surface area (TPSA) is 37.4 Å². The van der Waals surface area contributed by atoms with E-state index in [4.69, 9.17) is 0 Å². The van der Waals surface area contributed by atoms with Gasteiger partial charge in [0.2, 0.25) is 0 Å². The number of unbranched alkanes of at least 4 members (excludes halogenated alkanes) is 1. The molecule has 118 valence electrons. The van der Waals surface area contributed by atoms with Crippen molar-refractivity contribution in [2.75, 3.05) is 12.8 Å². The largest absolute Gasteiger partial charge is 0.274 e. The second kappa shape index (κ2) is 7.01. The van der Waals surface area contributed by atoms with Gasteiger partial charge in [-0.3, -0.25) is 14.5 Å². The number of carbonyl (C=O) groups is 2. The van der Waals surface area contributed by atoms with Crippen molar-refractivity contribution in [3.05, 3.63) is 65.2 Å². The molecule has 2 amide bonds. The predicted octanol–water partition coefficient (Wildman–Crippen LogP) is 4.03. The van der Waals surface area contributed by atoms with E-state index in [9.17, 15) is 9.59 Å². The minimum Gasteiger partial charge on any atom is -0.274 e. The van der Waals surface area contributed by atoms with Gasteiger partial charge in [-0.1, -0.05) is 24.3 Å². The Bertz CT molecular complexity index is 689. The Labute approximate surface area is 140 Å². The van der Waals surface area contributed by atoms with Gasteiger partial charge in [0.25, 0.3) is 11.8 Å². The van der Waals surface area contributed by atoms with Gasteiger partial charge in [-0.15, -0.1) is 11.8 Å². The van der Waals surface area contributed by atoms with Crippen LogP contribution in [0, 0.1) is 0 Å². The quantitative estimate of drug-likeness (QED) is 0.457. The van der Waals surface area contributed by atoms with Gasteiger partial charge in [0.05, 0.1) is 11.1 Å². The number of hydrogen-bond donors (Lipinski definition) is 0. The highest BCUT2D eigenvalue weighted by Crippen LogP contribution is 2.23. The van der Waals surface area contributed by atoms with Gasteiger partial charge in [0.1, 0.15) is 0 Å². The van der Waals surface area contributed by atoms with Crippen LogP contribution in [0.5, 0.6) is 0 Å². The molecule has 3 nitrogen and oxygen atoms in total. The number of thioether (sulfide) groups is 1. The number of benzene rings is 2. The Morgan fingerprint density at radius 3 is 2.04 bits per heavy atom. The van der Waals surface area contributed by atoms with Crippen molar-refractivity contribution in [3.8, 4) is 0 Å². The fourth-order valence-corrected chi connectivity index (χ4v) is 3.24. The van der Waals surface area contributed by atoms with Gasteiger partial charge in [-0.05, 0) is 55.3 Å². The fourth-order valence-electron chi connectivity index (χ4n) is 2.83. The van der Waals surface area contributed by atoms with Crippen LogP contribution in [0.2, 0.25) is 0 Å². The number of rotatable bonds is 6. The molecule has 0 bridgehead atoms. The molecule has 0 saturated carbocycles. The first-order chi connectivity index (χ1) is 11.2. The molecule has 2 aromatic carbocycles. The van der Waals surface area contributed by atoms with E-state index in [1.807, 2.05) is 0 Å². The summed E-state index contributed by atoms with van der Waals surface area (Å²) in [7, 11) is 0. The van der Waals surface area contributed by atoms with E-state index in [1.54, 1.807) is 36.0 Å². The highest BCUT2D eigenvalue weighted by Gasteiger charge is 2.34. The Hall–Kier alpha value is -2.07. The number of amides is 2. The summed E-state index contributed by atoms with van der Waals surface area (Å²) in [5.41, 5.74) is 2.36. The molecule has 0 fully saturated rings. The van der Waals surface area contributed by atoms with Crippen LogP contribution in [0.15, 0.2) is 53.4 Å². The molecular weight excluding hydrogens is 306 g/mol. The van der Waals surface area contributed by atoms with Crippen LogP contribution < -0.4 is 0 Å². The van der Waals surface area contributed by atoms with E-state index in [1.165, 1.54) is 15.4 Å². The summed E-state index contributed by atoms with van der Waals surface area (Å²) in [5, 5.41) is 0. The Kier molecular flexibility index (Phi) is 4.82. The standard InChI is InChI=1S/C19H19NO2S/c1-23-15-11-9-14(10-12-15)6-4-5-13-20-18(21)16-7-2-3-8-17(16)19(20)22/h2-3,7-12H,4-6,13H2,1H3. The Morgan fingerprint density at radius 1 is 0.870 bits per heavy atom. The minimum atomic E-state index is -0.157. The zero-order chi connectivity index (χ0) is 16.2. The predicted molar refractivity (Wildman–Crippen MR) is 93.0 cm³/mol. The molecule has 2 aromatic rings. The molecule has 3 rings (SSSR count). The number of fused-ring (bicyclic) bond motifs is 1. The average molecular weight is 325 g/mol. The summed E-state index contributed by atoms with van der Waals surface area (Å²) in [4.78, 5) is 27.1. The van der Waals surface area contributed by atoms with E-state index >= 15 is 0 Å². The normalized spacial score (nSPS) is 13.5. The summed E-state index contributed by atoms with van der Waals surface area (Å²) in [5.74, 6) is -0.315. The van der Waals surface area contributed by atoms with E-state index in [0.717, 1.165) is 19.3 Å². The van der Waals surface area contributed by atoms with Gasteiger partial charge >= 0.3 is 0 Å². The minimum absolute atomic E-state index is 0.157. The molecule has 0 N–H and O–H groups in total. The number of hydrogen-bond acceptors (Lipinski definition) is 3. The molecule has 0 unspecified atom stereocenters. The Morgan fingerprint density at radius 2 is 1.48 bits per heavy atom. The fraction of sp³-hybridized carbons (Fsp3) is 0.263. The molecular formula is C19H19NO2S. The molecule has 23 heavy (non-hydrogen) atoms. The second-order valence-corrected chi connectivity index (χ2v) is 6.49.